The average molecular weight is 284 g/mol. The third kappa shape index (κ3) is 6.17. The molecule has 0 aliphatic carbocycles. The van der Waals surface area contributed by atoms with E-state index in [2.05, 4.69) is 0 Å². The number of aromatic hydroxyl groups is 1. The first-order valence-electron chi connectivity index (χ1n) is 5.87. The first kappa shape index (κ1) is 15.9. The lowest BCUT2D eigenvalue weighted by Crippen LogP contribution is -2.10. The van der Waals surface area contributed by atoms with Crippen molar-refractivity contribution >= 4 is 12.0 Å². The van der Waals surface area contributed by atoms with Gasteiger partial charge in [-0.1, -0.05) is 0 Å². The summed E-state index contributed by atoms with van der Waals surface area (Å²) in [7, 11) is 1.57. The van der Waals surface area contributed by atoms with E-state index in [1.54, 1.807) is 7.11 Å². The zero-order valence-corrected chi connectivity index (χ0v) is 11.0. The third-order valence-electron chi connectivity index (χ3n) is 2.12. The van der Waals surface area contributed by atoms with Crippen molar-refractivity contribution in [2.24, 2.45) is 0 Å². The summed E-state index contributed by atoms with van der Waals surface area (Å²) in [5.41, 5.74) is -0.587. The van der Waals surface area contributed by atoms with E-state index in [1.807, 2.05) is 0 Å². The Morgan fingerprint density at radius 1 is 1.35 bits per heavy atom. The van der Waals surface area contributed by atoms with Crippen molar-refractivity contribution in [3.63, 3.8) is 0 Å². The van der Waals surface area contributed by atoms with E-state index < -0.39 is 17.1 Å². The van der Waals surface area contributed by atoms with Crippen LogP contribution < -0.4 is 5.43 Å². The molecule has 0 saturated carbocycles. The van der Waals surface area contributed by atoms with Gasteiger partial charge in [-0.3, -0.25) is 4.79 Å². The van der Waals surface area contributed by atoms with Gasteiger partial charge in [-0.25, -0.2) is 4.79 Å². The molecule has 0 bridgehead atoms. The van der Waals surface area contributed by atoms with Crippen LogP contribution in [0.4, 0.5) is 0 Å². The van der Waals surface area contributed by atoms with Crippen LogP contribution in [0.15, 0.2) is 27.6 Å². The molecule has 1 aromatic rings. The fourth-order valence-corrected chi connectivity index (χ4v) is 1.15. The lowest BCUT2D eigenvalue weighted by atomic mass is 10.3. The Hall–Kier alpha value is -2.12. The van der Waals surface area contributed by atoms with Crippen molar-refractivity contribution in [2.45, 2.75) is 0 Å². The van der Waals surface area contributed by atoms with Gasteiger partial charge in [-0.2, -0.15) is 0 Å². The maximum absolute atomic E-state index is 11.3. The molecule has 0 aliphatic rings. The minimum absolute atomic E-state index is 0.117. The number of hydrogen-bond acceptors (Lipinski definition) is 7. The van der Waals surface area contributed by atoms with Crippen LogP contribution in [-0.2, 0) is 19.0 Å². The van der Waals surface area contributed by atoms with Gasteiger partial charge in [0, 0.05) is 19.3 Å². The van der Waals surface area contributed by atoms with Gasteiger partial charge in [0.25, 0.3) is 0 Å². The maximum atomic E-state index is 11.3. The van der Waals surface area contributed by atoms with Crippen LogP contribution in [-0.4, -0.2) is 44.6 Å². The van der Waals surface area contributed by atoms with Crippen LogP contribution in [0.5, 0.6) is 5.75 Å². The molecule has 0 amide bonds. The van der Waals surface area contributed by atoms with Crippen molar-refractivity contribution in [1.29, 1.82) is 0 Å². The summed E-state index contributed by atoms with van der Waals surface area (Å²) in [6.45, 7) is 1.31. The molecular weight excluding hydrogens is 268 g/mol. The minimum atomic E-state index is -0.587. The van der Waals surface area contributed by atoms with Gasteiger partial charge in [0.05, 0.1) is 19.8 Å². The minimum Gasteiger partial charge on any atom is -0.502 e. The molecule has 1 heterocycles. The topological polar surface area (TPSA) is 95.2 Å². The molecule has 0 spiro atoms. The SMILES string of the molecule is COCCOCCOC(=O)/C=C/c1cc(=O)c(O)co1. The van der Waals surface area contributed by atoms with E-state index in [0.29, 0.717) is 13.2 Å². The molecule has 1 aromatic heterocycles. The Bertz CT molecular complexity index is 504. The van der Waals surface area contributed by atoms with Crippen molar-refractivity contribution in [3.8, 4) is 5.75 Å². The normalized spacial score (nSPS) is 10.8. The number of ether oxygens (including phenoxy) is 3. The van der Waals surface area contributed by atoms with E-state index >= 15 is 0 Å². The van der Waals surface area contributed by atoms with Gasteiger partial charge >= 0.3 is 5.97 Å². The fourth-order valence-electron chi connectivity index (χ4n) is 1.15. The zero-order valence-electron chi connectivity index (χ0n) is 11.0. The van der Waals surface area contributed by atoms with Crippen LogP contribution in [0.3, 0.4) is 0 Å². The standard InChI is InChI=1S/C13H16O7/c1-17-4-5-18-6-7-19-13(16)3-2-10-8-11(14)12(15)9-20-10/h2-3,8-9,15H,4-7H2,1H3/b3-2+. The molecule has 20 heavy (non-hydrogen) atoms. The van der Waals surface area contributed by atoms with Crippen LogP contribution >= 0.6 is 0 Å². The number of methoxy groups -OCH3 is 1. The third-order valence-corrected chi connectivity index (χ3v) is 2.12. The summed E-state index contributed by atoms with van der Waals surface area (Å²) in [6.07, 6.45) is 3.29. The number of carbonyl (C=O) groups excluding carboxylic acids is 1. The summed E-state index contributed by atoms with van der Waals surface area (Å²) < 4.78 is 19.6. The first-order chi connectivity index (χ1) is 9.63. The fraction of sp³-hybridized carbons (Fsp3) is 0.385. The van der Waals surface area contributed by atoms with Gasteiger partial charge in [0.1, 0.15) is 18.6 Å². The van der Waals surface area contributed by atoms with E-state index in [1.165, 1.54) is 6.08 Å². The zero-order chi connectivity index (χ0) is 14.8. The monoisotopic (exact) mass is 284 g/mol. The smallest absolute Gasteiger partial charge is 0.330 e. The van der Waals surface area contributed by atoms with Crippen LogP contribution in [0.25, 0.3) is 6.08 Å². The molecular formula is C13H16O7. The van der Waals surface area contributed by atoms with Crippen LogP contribution in [0.2, 0.25) is 0 Å². The highest BCUT2D eigenvalue weighted by atomic mass is 16.6. The largest absolute Gasteiger partial charge is 0.502 e. The van der Waals surface area contributed by atoms with Crippen LogP contribution in [0, 0.1) is 0 Å². The molecule has 0 atom stereocenters. The summed E-state index contributed by atoms with van der Waals surface area (Å²) in [5, 5.41) is 8.98. The van der Waals surface area contributed by atoms with E-state index in [0.717, 1.165) is 18.4 Å². The second kappa shape index (κ2) is 8.89. The lowest BCUT2D eigenvalue weighted by molar-refractivity contribution is -0.139. The molecule has 1 N–H and O–H groups in total. The molecule has 0 radical (unpaired) electrons. The molecule has 1 rings (SSSR count). The Kier molecular flexibility index (Phi) is 7.08. The molecule has 0 unspecified atom stereocenters. The Morgan fingerprint density at radius 2 is 2.10 bits per heavy atom. The summed E-state index contributed by atoms with van der Waals surface area (Å²) >= 11 is 0. The number of hydrogen-bond donors (Lipinski definition) is 1. The second-order valence-corrected chi connectivity index (χ2v) is 3.64. The molecule has 110 valence electrons. The van der Waals surface area contributed by atoms with Crippen molar-refractivity contribution in [2.75, 3.05) is 33.5 Å². The van der Waals surface area contributed by atoms with Gasteiger partial charge in [-0.05, 0) is 6.08 Å². The Balaban J connectivity index is 2.29. The molecule has 0 fully saturated rings. The van der Waals surface area contributed by atoms with E-state index in [9.17, 15) is 9.59 Å². The molecule has 0 saturated heterocycles. The van der Waals surface area contributed by atoms with Gasteiger partial charge in [-0.15, -0.1) is 0 Å². The summed E-state index contributed by atoms with van der Waals surface area (Å²) in [4.78, 5) is 22.4. The van der Waals surface area contributed by atoms with Gasteiger partial charge in [0.15, 0.2) is 5.75 Å². The predicted molar refractivity (Wildman–Crippen MR) is 69.3 cm³/mol. The van der Waals surface area contributed by atoms with Gasteiger partial charge in [0.2, 0.25) is 5.43 Å². The molecule has 0 aromatic carbocycles. The molecule has 0 aliphatic heterocycles. The Labute approximate surface area is 115 Å². The maximum Gasteiger partial charge on any atom is 0.330 e. The van der Waals surface area contributed by atoms with Crippen molar-refractivity contribution in [1.82, 2.24) is 0 Å². The highest BCUT2D eigenvalue weighted by Crippen LogP contribution is 2.05. The average Bonchev–Trinajstić information content (AvgIpc) is 2.44. The summed E-state index contributed by atoms with van der Waals surface area (Å²) in [5.74, 6) is -0.935. The lowest BCUT2D eigenvalue weighted by Gasteiger charge is -2.03. The highest BCUT2D eigenvalue weighted by molar-refractivity contribution is 5.86. The Morgan fingerprint density at radius 3 is 2.80 bits per heavy atom. The second-order valence-electron chi connectivity index (χ2n) is 3.64. The van der Waals surface area contributed by atoms with E-state index in [4.69, 9.17) is 23.7 Å². The van der Waals surface area contributed by atoms with Crippen molar-refractivity contribution in [3.05, 3.63) is 34.4 Å². The molecule has 7 heteroatoms. The van der Waals surface area contributed by atoms with Crippen molar-refractivity contribution < 1.29 is 28.5 Å². The van der Waals surface area contributed by atoms with E-state index in [-0.39, 0.29) is 19.0 Å². The number of carbonyl (C=O) groups is 1. The molecule has 7 nitrogen and oxygen atoms in total. The number of rotatable bonds is 8. The summed E-state index contributed by atoms with van der Waals surface area (Å²) in [6, 6.07) is 1.06. The quantitative estimate of drug-likeness (QED) is 0.423. The van der Waals surface area contributed by atoms with Crippen LogP contribution in [0.1, 0.15) is 5.76 Å². The first-order valence-corrected chi connectivity index (χ1v) is 5.87. The predicted octanol–water partition coefficient (Wildman–Crippen LogP) is 0.565. The number of esters is 1. The van der Waals surface area contributed by atoms with Gasteiger partial charge < -0.3 is 23.7 Å². The highest BCUT2D eigenvalue weighted by Gasteiger charge is 2.00.